The number of allylic oxidation sites excluding steroid dienone is 1. The quantitative estimate of drug-likeness (QED) is 0.254. The normalized spacial score (nSPS) is 29.7. The fraction of sp³-hybridized carbons (Fsp3) is 0.536. The number of ether oxygens (including phenoxy) is 2. The van der Waals surface area contributed by atoms with Gasteiger partial charge in [-0.15, -0.1) is 6.58 Å². The molecule has 6 nitrogen and oxygen atoms in total. The first-order valence-electron chi connectivity index (χ1n) is 13.0. The number of thiocarbonyl (C=S) groups is 1. The molecule has 0 aromatic heterocycles. The van der Waals surface area contributed by atoms with Crippen molar-refractivity contribution >= 4 is 46.2 Å². The summed E-state index contributed by atoms with van der Waals surface area (Å²) in [6.07, 6.45) is 10.8. The largest absolute Gasteiger partial charge is 0.490 e. The molecule has 1 aromatic carbocycles. The van der Waals surface area contributed by atoms with Crippen molar-refractivity contribution in [2.75, 3.05) is 13.2 Å². The topological polar surface area (TPSA) is 67.9 Å². The maximum Gasteiger partial charge on any atom is 0.285 e. The second-order valence-corrected chi connectivity index (χ2v) is 12.2. The van der Waals surface area contributed by atoms with Gasteiger partial charge in [-0.25, -0.2) is 0 Å². The van der Waals surface area contributed by atoms with Crippen LogP contribution >= 0.6 is 24.0 Å². The van der Waals surface area contributed by atoms with Gasteiger partial charge in [0.2, 0.25) is 5.91 Å². The Labute approximate surface area is 222 Å². The van der Waals surface area contributed by atoms with Crippen LogP contribution in [0.15, 0.2) is 29.7 Å². The van der Waals surface area contributed by atoms with Crippen LogP contribution in [-0.4, -0.2) is 34.4 Å². The van der Waals surface area contributed by atoms with Crippen LogP contribution in [0.1, 0.15) is 63.5 Å². The molecule has 4 bridgehead atoms. The van der Waals surface area contributed by atoms with Gasteiger partial charge < -0.3 is 9.47 Å². The molecule has 1 aliphatic heterocycles. The van der Waals surface area contributed by atoms with Crippen molar-refractivity contribution in [3.05, 3.63) is 40.8 Å². The first kappa shape index (κ1) is 25.3. The van der Waals surface area contributed by atoms with E-state index >= 15 is 0 Å². The SMILES string of the molecule is C=CCc1cc(/C=C2/SC(=S)N(NC(=O)C34CC5CC(CC(C5)C3)C4)C2=O)cc(OCC)c1OCC. The van der Waals surface area contributed by atoms with Gasteiger partial charge in [0.15, 0.2) is 15.8 Å². The number of amides is 2. The number of nitrogens with zero attached hydrogens (tertiary/aromatic N) is 1. The summed E-state index contributed by atoms with van der Waals surface area (Å²) < 4.78 is 12.1. The molecule has 5 aliphatic rings. The molecule has 1 N–H and O–H groups in total. The fourth-order valence-electron chi connectivity index (χ4n) is 6.97. The molecule has 1 aromatic rings. The van der Waals surface area contributed by atoms with Gasteiger partial charge in [0.1, 0.15) is 0 Å². The second-order valence-electron chi connectivity index (χ2n) is 10.5. The van der Waals surface area contributed by atoms with Crippen molar-refractivity contribution in [3.8, 4) is 11.5 Å². The molecule has 6 rings (SSSR count). The highest BCUT2D eigenvalue weighted by atomic mass is 32.2. The minimum Gasteiger partial charge on any atom is -0.490 e. The first-order chi connectivity index (χ1) is 17.4. The molecule has 5 fully saturated rings. The van der Waals surface area contributed by atoms with E-state index in [9.17, 15) is 9.59 Å². The summed E-state index contributed by atoms with van der Waals surface area (Å²) in [5.74, 6) is 2.96. The molecular weight excluding hydrogens is 492 g/mol. The van der Waals surface area contributed by atoms with E-state index in [1.807, 2.05) is 32.1 Å². The molecule has 1 saturated heterocycles. The standard InChI is InChI=1S/C28H34N2O4S2/c1-4-7-21-11-17(12-22(33-5-2)24(21)34-6-3)13-23-25(31)30(27(35)36-23)29-26(32)28-14-18-8-19(15-28)10-20(9-18)16-28/h4,11-13,18-20H,1,5-10,14-16H2,2-3H3,(H,29,32)/b23-13+. The van der Waals surface area contributed by atoms with E-state index in [0.29, 0.717) is 58.1 Å². The number of benzene rings is 1. The molecule has 0 radical (unpaired) electrons. The number of hydrogen-bond acceptors (Lipinski definition) is 6. The maximum atomic E-state index is 13.5. The predicted molar refractivity (Wildman–Crippen MR) is 146 cm³/mol. The predicted octanol–water partition coefficient (Wildman–Crippen LogP) is 5.66. The minimum absolute atomic E-state index is 0.0351. The Hall–Kier alpha value is -2.32. The van der Waals surface area contributed by atoms with Gasteiger partial charge >= 0.3 is 0 Å². The van der Waals surface area contributed by atoms with E-state index in [4.69, 9.17) is 21.7 Å². The molecule has 36 heavy (non-hydrogen) atoms. The van der Waals surface area contributed by atoms with Gasteiger partial charge in [-0.3, -0.25) is 15.0 Å². The van der Waals surface area contributed by atoms with E-state index in [1.54, 1.807) is 6.08 Å². The summed E-state index contributed by atoms with van der Waals surface area (Å²) in [6.45, 7) is 8.73. The Kier molecular flexibility index (Phi) is 7.18. The Morgan fingerprint density at radius 3 is 2.39 bits per heavy atom. The van der Waals surface area contributed by atoms with Gasteiger partial charge in [-0.2, -0.15) is 5.01 Å². The molecule has 2 amide bonds. The summed E-state index contributed by atoms with van der Waals surface area (Å²) in [5, 5.41) is 1.27. The van der Waals surface area contributed by atoms with E-state index in [2.05, 4.69) is 12.0 Å². The van der Waals surface area contributed by atoms with Crippen LogP contribution in [0, 0.1) is 23.2 Å². The molecule has 1 heterocycles. The van der Waals surface area contributed by atoms with Crippen molar-refractivity contribution < 1.29 is 19.1 Å². The average Bonchev–Trinajstić information content (AvgIpc) is 3.08. The summed E-state index contributed by atoms with van der Waals surface area (Å²) in [6, 6.07) is 3.86. The lowest BCUT2D eigenvalue weighted by molar-refractivity contribution is -0.152. The molecule has 4 aliphatic carbocycles. The Bertz CT molecular complexity index is 1090. The van der Waals surface area contributed by atoms with Crippen LogP contribution in [0.2, 0.25) is 0 Å². The van der Waals surface area contributed by atoms with Gasteiger partial charge in [-0.1, -0.05) is 17.8 Å². The van der Waals surface area contributed by atoms with Crippen molar-refractivity contribution in [1.82, 2.24) is 10.4 Å². The Morgan fingerprint density at radius 2 is 1.81 bits per heavy atom. The zero-order valence-electron chi connectivity index (χ0n) is 21.0. The van der Waals surface area contributed by atoms with Gasteiger partial charge in [-0.05, 0) is 113 Å². The maximum absolute atomic E-state index is 13.5. The smallest absolute Gasteiger partial charge is 0.285 e. The van der Waals surface area contributed by atoms with Crippen LogP contribution < -0.4 is 14.9 Å². The first-order valence-corrected chi connectivity index (χ1v) is 14.2. The third kappa shape index (κ3) is 4.70. The highest BCUT2D eigenvalue weighted by Crippen LogP contribution is 2.60. The number of hydrogen-bond donors (Lipinski definition) is 1. The lowest BCUT2D eigenvalue weighted by Gasteiger charge is -2.55. The average molecular weight is 527 g/mol. The Balaban J connectivity index is 1.37. The van der Waals surface area contributed by atoms with Crippen molar-refractivity contribution in [1.29, 1.82) is 0 Å². The number of nitrogens with one attached hydrogen (secondary N) is 1. The van der Waals surface area contributed by atoms with Crippen LogP contribution in [0.5, 0.6) is 11.5 Å². The van der Waals surface area contributed by atoms with Crippen LogP contribution in [0.25, 0.3) is 6.08 Å². The highest BCUT2D eigenvalue weighted by molar-refractivity contribution is 8.26. The van der Waals surface area contributed by atoms with Gasteiger partial charge in [0, 0.05) is 5.56 Å². The monoisotopic (exact) mass is 526 g/mol. The number of thioether (sulfide) groups is 1. The zero-order chi connectivity index (χ0) is 25.4. The van der Waals surface area contributed by atoms with Crippen LogP contribution in [0.3, 0.4) is 0 Å². The molecule has 0 atom stereocenters. The molecule has 8 heteroatoms. The van der Waals surface area contributed by atoms with E-state index in [0.717, 1.165) is 30.4 Å². The van der Waals surface area contributed by atoms with Crippen molar-refractivity contribution in [3.63, 3.8) is 0 Å². The summed E-state index contributed by atoms with van der Waals surface area (Å²) >= 11 is 6.73. The molecule has 0 spiro atoms. The fourth-order valence-corrected chi connectivity index (χ4v) is 8.15. The Morgan fingerprint density at radius 1 is 1.17 bits per heavy atom. The number of hydrazine groups is 1. The van der Waals surface area contributed by atoms with E-state index in [-0.39, 0.29) is 17.2 Å². The summed E-state index contributed by atoms with van der Waals surface area (Å²) in [4.78, 5) is 27.3. The van der Waals surface area contributed by atoms with Crippen molar-refractivity contribution in [2.24, 2.45) is 23.2 Å². The summed E-state index contributed by atoms with van der Waals surface area (Å²) in [7, 11) is 0. The lowest BCUT2D eigenvalue weighted by atomic mass is 9.49. The second kappa shape index (κ2) is 10.2. The zero-order valence-corrected chi connectivity index (χ0v) is 22.6. The van der Waals surface area contributed by atoms with Gasteiger partial charge in [0.25, 0.3) is 5.91 Å². The lowest BCUT2D eigenvalue weighted by Crippen LogP contribution is -2.57. The highest BCUT2D eigenvalue weighted by Gasteiger charge is 2.55. The van der Waals surface area contributed by atoms with E-state index in [1.165, 1.54) is 36.0 Å². The third-order valence-corrected chi connectivity index (χ3v) is 9.23. The molecular formula is C28H34N2O4S2. The third-order valence-electron chi connectivity index (χ3n) is 7.93. The van der Waals surface area contributed by atoms with Gasteiger partial charge in [0.05, 0.1) is 23.5 Å². The number of carbonyl (C=O) groups excluding carboxylic acids is 2. The minimum atomic E-state index is -0.344. The molecule has 192 valence electrons. The number of carbonyl (C=O) groups is 2. The van der Waals surface area contributed by atoms with E-state index < -0.39 is 0 Å². The molecule has 4 saturated carbocycles. The summed E-state index contributed by atoms with van der Waals surface area (Å²) in [5.41, 5.74) is 4.33. The number of rotatable bonds is 9. The van der Waals surface area contributed by atoms with Crippen LogP contribution in [-0.2, 0) is 16.0 Å². The van der Waals surface area contributed by atoms with Crippen molar-refractivity contribution in [2.45, 2.75) is 58.8 Å². The van der Waals surface area contributed by atoms with Crippen LogP contribution in [0.4, 0.5) is 0 Å². The molecule has 0 unspecified atom stereocenters.